The number of nitrogens with zero attached hydrogens (tertiary/aromatic N) is 3. The molecule has 2 aromatic heterocycles. The van der Waals surface area contributed by atoms with Crippen LogP contribution in [0.15, 0.2) is 42.5 Å². The predicted molar refractivity (Wildman–Crippen MR) is 130 cm³/mol. The fourth-order valence-electron chi connectivity index (χ4n) is 4.15. The molecule has 2 aromatic carbocycles. The van der Waals surface area contributed by atoms with Gasteiger partial charge in [-0.15, -0.1) is 0 Å². The van der Waals surface area contributed by atoms with E-state index in [4.69, 9.17) is 9.47 Å². The summed E-state index contributed by atoms with van der Waals surface area (Å²) < 4.78 is 26.4. The molecule has 1 amide bonds. The highest BCUT2D eigenvalue weighted by atomic mass is 19.1. The Bertz CT molecular complexity index is 1380. The molecule has 0 saturated heterocycles. The summed E-state index contributed by atoms with van der Waals surface area (Å²) in [6, 6.07) is 11.8. The Kier molecular flexibility index (Phi) is 6.49. The number of carbonyl (C=O) groups is 1. The largest absolute Gasteiger partial charge is 0.495 e. The third kappa shape index (κ3) is 4.44. The molecule has 0 aliphatic carbocycles. The lowest BCUT2D eigenvalue weighted by Gasteiger charge is -2.14. The minimum Gasteiger partial charge on any atom is -0.495 e. The number of anilines is 1. The van der Waals surface area contributed by atoms with Crippen LogP contribution in [0.25, 0.3) is 16.7 Å². The smallest absolute Gasteiger partial charge is 0.224 e. The van der Waals surface area contributed by atoms with E-state index < -0.39 is 0 Å². The lowest BCUT2D eigenvalue weighted by Crippen LogP contribution is -2.14. The van der Waals surface area contributed by atoms with E-state index >= 15 is 0 Å². The molecule has 0 saturated carbocycles. The average Bonchev–Trinajstić information content (AvgIpc) is 3.14. The number of hydrogen-bond donors (Lipinski definition) is 1. The third-order valence-electron chi connectivity index (χ3n) is 5.81. The monoisotopic (exact) mass is 462 g/mol. The number of ether oxygens (including phenoxy) is 2. The van der Waals surface area contributed by atoms with Gasteiger partial charge in [0, 0.05) is 17.4 Å². The molecule has 0 spiro atoms. The van der Waals surface area contributed by atoms with Crippen LogP contribution >= 0.6 is 0 Å². The van der Waals surface area contributed by atoms with E-state index in [1.165, 1.54) is 12.1 Å². The fraction of sp³-hybridized carbons (Fsp3) is 0.269. The van der Waals surface area contributed by atoms with Crippen molar-refractivity contribution in [3.05, 3.63) is 70.7 Å². The normalized spacial score (nSPS) is 11.0. The number of halogens is 1. The molecular formula is C26H27FN4O3. The molecule has 0 aliphatic heterocycles. The molecule has 4 rings (SSSR count). The van der Waals surface area contributed by atoms with Crippen LogP contribution in [0.5, 0.6) is 11.6 Å². The Morgan fingerprint density at radius 2 is 1.88 bits per heavy atom. The van der Waals surface area contributed by atoms with Crippen LogP contribution < -0.4 is 14.8 Å². The van der Waals surface area contributed by atoms with Crippen LogP contribution in [-0.2, 0) is 11.2 Å². The number of aromatic nitrogens is 3. The first-order chi connectivity index (χ1) is 16.3. The predicted octanol–water partition coefficient (Wildman–Crippen LogP) is 5.07. The Morgan fingerprint density at radius 1 is 1.09 bits per heavy atom. The van der Waals surface area contributed by atoms with Crippen LogP contribution in [0.4, 0.5) is 10.1 Å². The maximum Gasteiger partial charge on any atom is 0.224 e. The summed E-state index contributed by atoms with van der Waals surface area (Å²) in [5, 5.41) is 8.39. The Labute approximate surface area is 197 Å². The second kappa shape index (κ2) is 9.51. The molecule has 1 N–H and O–H groups in total. The zero-order valence-electron chi connectivity index (χ0n) is 19.9. The van der Waals surface area contributed by atoms with Gasteiger partial charge in [-0.05, 0) is 68.7 Å². The van der Waals surface area contributed by atoms with Gasteiger partial charge in [-0.1, -0.05) is 12.1 Å². The van der Waals surface area contributed by atoms with Gasteiger partial charge < -0.3 is 14.8 Å². The van der Waals surface area contributed by atoms with Gasteiger partial charge in [0.1, 0.15) is 11.6 Å². The molecule has 7 nitrogen and oxygen atoms in total. The number of nitrogens with one attached hydrogen (secondary N) is 1. The number of methoxy groups -OCH3 is 2. The van der Waals surface area contributed by atoms with Gasteiger partial charge in [0.2, 0.25) is 11.8 Å². The number of pyridine rings is 1. The van der Waals surface area contributed by atoms with E-state index in [0.29, 0.717) is 35.1 Å². The van der Waals surface area contributed by atoms with Crippen molar-refractivity contribution in [2.75, 3.05) is 19.5 Å². The van der Waals surface area contributed by atoms with Crippen molar-refractivity contribution in [2.24, 2.45) is 0 Å². The highest BCUT2D eigenvalue weighted by Gasteiger charge is 2.21. The number of aryl methyl sites for hydroxylation is 3. The second-order valence-electron chi connectivity index (χ2n) is 8.15. The maximum atomic E-state index is 13.8. The van der Waals surface area contributed by atoms with Crippen LogP contribution in [0.2, 0.25) is 0 Å². The van der Waals surface area contributed by atoms with E-state index in [-0.39, 0.29) is 18.1 Å². The molecule has 8 heteroatoms. The van der Waals surface area contributed by atoms with E-state index in [1.807, 2.05) is 39.0 Å². The Morgan fingerprint density at radius 3 is 2.59 bits per heavy atom. The van der Waals surface area contributed by atoms with Gasteiger partial charge in [0.05, 0.1) is 31.3 Å². The molecule has 2 heterocycles. The second-order valence-corrected chi connectivity index (χ2v) is 8.15. The molecule has 0 unspecified atom stereocenters. The molecule has 0 fully saturated rings. The first kappa shape index (κ1) is 23.2. The number of fused-ring (bicyclic) bond motifs is 1. The summed E-state index contributed by atoms with van der Waals surface area (Å²) in [5.74, 6) is 0.535. The van der Waals surface area contributed by atoms with Crippen molar-refractivity contribution in [2.45, 2.75) is 33.6 Å². The highest BCUT2D eigenvalue weighted by Crippen LogP contribution is 2.32. The van der Waals surface area contributed by atoms with Crippen LogP contribution in [-0.4, -0.2) is 34.9 Å². The molecule has 0 atom stereocenters. The van der Waals surface area contributed by atoms with Crippen LogP contribution in [0.3, 0.4) is 0 Å². The summed E-state index contributed by atoms with van der Waals surface area (Å²) in [4.78, 5) is 17.4. The van der Waals surface area contributed by atoms with Gasteiger partial charge in [0.15, 0.2) is 5.65 Å². The zero-order chi connectivity index (χ0) is 24.4. The summed E-state index contributed by atoms with van der Waals surface area (Å²) in [7, 11) is 3.12. The van der Waals surface area contributed by atoms with Gasteiger partial charge in [0.25, 0.3) is 0 Å². The zero-order valence-corrected chi connectivity index (χ0v) is 19.9. The SMILES string of the molecule is COc1ccc(C)cc1NC(=O)CCc1c(OC)nc2c(c(C)nn2-c2cccc(F)c2)c1C. The standard InChI is InChI=1S/C26H27FN4O3/c1-15-9-11-22(33-4)21(13-15)28-23(32)12-10-20-16(2)24-17(3)30-31(25(24)29-26(20)34-5)19-8-6-7-18(27)14-19/h6-9,11,13-14H,10,12H2,1-5H3,(H,28,32). The topological polar surface area (TPSA) is 78.3 Å². The number of rotatable bonds is 7. The maximum absolute atomic E-state index is 13.8. The first-order valence-corrected chi connectivity index (χ1v) is 11.0. The molecule has 0 radical (unpaired) electrons. The van der Waals surface area contributed by atoms with Gasteiger partial charge in [-0.2, -0.15) is 10.1 Å². The Hall–Kier alpha value is -3.94. The lowest BCUT2D eigenvalue weighted by atomic mass is 10.0. The van der Waals surface area contributed by atoms with Crippen molar-refractivity contribution in [1.82, 2.24) is 14.8 Å². The quantitative estimate of drug-likeness (QED) is 0.415. The molecule has 176 valence electrons. The molecule has 4 aromatic rings. The molecule has 0 aliphatic rings. The third-order valence-corrected chi connectivity index (χ3v) is 5.81. The number of carbonyl (C=O) groups excluding carboxylic acids is 1. The summed E-state index contributed by atoms with van der Waals surface area (Å²) in [5.41, 5.74) is 5.35. The van der Waals surface area contributed by atoms with E-state index in [0.717, 1.165) is 27.8 Å². The van der Waals surface area contributed by atoms with Gasteiger partial charge in [-0.3, -0.25) is 4.79 Å². The summed E-state index contributed by atoms with van der Waals surface area (Å²) in [6.07, 6.45) is 0.668. The van der Waals surface area contributed by atoms with Crippen molar-refractivity contribution in [3.8, 4) is 17.3 Å². The molecular weight excluding hydrogens is 435 g/mol. The first-order valence-electron chi connectivity index (χ1n) is 11.0. The molecule has 34 heavy (non-hydrogen) atoms. The van der Waals surface area contributed by atoms with Gasteiger partial charge >= 0.3 is 0 Å². The van der Waals surface area contributed by atoms with Crippen molar-refractivity contribution in [3.63, 3.8) is 0 Å². The minimum atomic E-state index is -0.352. The van der Waals surface area contributed by atoms with E-state index in [1.54, 1.807) is 31.0 Å². The summed E-state index contributed by atoms with van der Waals surface area (Å²) in [6.45, 7) is 5.81. The van der Waals surface area contributed by atoms with E-state index in [2.05, 4.69) is 15.4 Å². The fourth-order valence-corrected chi connectivity index (χ4v) is 4.15. The van der Waals surface area contributed by atoms with E-state index in [9.17, 15) is 9.18 Å². The number of benzene rings is 2. The minimum absolute atomic E-state index is 0.141. The summed E-state index contributed by atoms with van der Waals surface area (Å²) >= 11 is 0. The van der Waals surface area contributed by atoms with Crippen LogP contribution in [0, 0.1) is 26.6 Å². The van der Waals surface area contributed by atoms with Crippen molar-refractivity contribution in [1.29, 1.82) is 0 Å². The number of hydrogen-bond acceptors (Lipinski definition) is 5. The average molecular weight is 463 g/mol. The van der Waals surface area contributed by atoms with Gasteiger partial charge in [-0.25, -0.2) is 9.07 Å². The van der Waals surface area contributed by atoms with Crippen molar-refractivity contribution < 1.29 is 18.7 Å². The number of amides is 1. The van der Waals surface area contributed by atoms with Crippen molar-refractivity contribution >= 4 is 22.6 Å². The lowest BCUT2D eigenvalue weighted by molar-refractivity contribution is -0.116. The highest BCUT2D eigenvalue weighted by molar-refractivity contribution is 5.93. The van der Waals surface area contributed by atoms with Crippen LogP contribution in [0.1, 0.15) is 28.8 Å². The molecule has 0 bridgehead atoms. The Balaban J connectivity index is 1.64.